The van der Waals surface area contributed by atoms with Crippen molar-refractivity contribution in [2.75, 3.05) is 0 Å². The largest absolute Gasteiger partial charge is 0.0993 e. The highest BCUT2D eigenvalue weighted by Gasteiger charge is 2.07. The van der Waals surface area contributed by atoms with Crippen molar-refractivity contribution < 1.29 is 0 Å². The van der Waals surface area contributed by atoms with Gasteiger partial charge in [0.1, 0.15) is 0 Å². The molecule has 0 fully saturated rings. The molecule has 0 amide bonds. The van der Waals surface area contributed by atoms with Crippen LogP contribution >= 0.6 is 0 Å². The number of hydrogen-bond acceptors (Lipinski definition) is 0. The van der Waals surface area contributed by atoms with E-state index in [2.05, 4.69) is 41.2 Å². The monoisotopic (exact) mass is 152 g/mol. The summed E-state index contributed by atoms with van der Waals surface area (Å²) in [7, 11) is 0. The molecule has 11 heavy (non-hydrogen) atoms. The maximum atomic E-state index is 4.04. The first kappa shape index (κ1) is 10.5. The summed E-state index contributed by atoms with van der Waals surface area (Å²) in [6, 6.07) is 0. The van der Waals surface area contributed by atoms with Crippen molar-refractivity contribution >= 4 is 0 Å². The second-order valence-electron chi connectivity index (χ2n) is 3.42. The van der Waals surface area contributed by atoms with Crippen LogP contribution in [0.3, 0.4) is 0 Å². The van der Waals surface area contributed by atoms with E-state index in [-0.39, 0.29) is 0 Å². The van der Waals surface area contributed by atoms with E-state index < -0.39 is 0 Å². The standard InChI is InChI=1S/C11H20/c1-7-9(4)11(6)10(5)8(2)3/h11H,4,7H2,1-3,5-6H3. The summed E-state index contributed by atoms with van der Waals surface area (Å²) in [5, 5.41) is 0. The van der Waals surface area contributed by atoms with Gasteiger partial charge in [-0.25, -0.2) is 0 Å². The van der Waals surface area contributed by atoms with Crippen molar-refractivity contribution in [2.24, 2.45) is 5.92 Å². The average Bonchev–Trinajstić information content (AvgIpc) is 2.00. The number of hydrogen-bond donors (Lipinski definition) is 0. The molecule has 0 heterocycles. The maximum Gasteiger partial charge on any atom is -0.00245 e. The number of allylic oxidation sites excluding steroid dienone is 3. The van der Waals surface area contributed by atoms with Crippen molar-refractivity contribution in [1.82, 2.24) is 0 Å². The molecule has 0 aliphatic carbocycles. The second kappa shape index (κ2) is 4.38. The molecule has 0 aromatic heterocycles. The summed E-state index contributed by atoms with van der Waals surface area (Å²) < 4.78 is 0. The molecule has 1 atom stereocenters. The summed E-state index contributed by atoms with van der Waals surface area (Å²) >= 11 is 0. The molecule has 0 radical (unpaired) electrons. The van der Waals surface area contributed by atoms with Gasteiger partial charge in [0.2, 0.25) is 0 Å². The molecular weight excluding hydrogens is 132 g/mol. The molecule has 0 spiro atoms. The van der Waals surface area contributed by atoms with Crippen LogP contribution in [-0.4, -0.2) is 0 Å². The topological polar surface area (TPSA) is 0 Å². The summed E-state index contributed by atoms with van der Waals surface area (Å²) in [5.41, 5.74) is 4.23. The van der Waals surface area contributed by atoms with Gasteiger partial charge in [-0.1, -0.05) is 37.1 Å². The van der Waals surface area contributed by atoms with Crippen LogP contribution in [0, 0.1) is 5.92 Å². The molecule has 0 saturated carbocycles. The zero-order chi connectivity index (χ0) is 9.02. The van der Waals surface area contributed by atoms with E-state index in [0.717, 1.165) is 6.42 Å². The van der Waals surface area contributed by atoms with Crippen LogP contribution in [0.1, 0.15) is 41.0 Å². The van der Waals surface area contributed by atoms with Gasteiger partial charge in [0, 0.05) is 0 Å². The van der Waals surface area contributed by atoms with Crippen molar-refractivity contribution in [1.29, 1.82) is 0 Å². The molecule has 0 aliphatic heterocycles. The van der Waals surface area contributed by atoms with Crippen LogP contribution < -0.4 is 0 Å². The molecule has 1 unspecified atom stereocenters. The minimum absolute atomic E-state index is 0.560. The lowest BCUT2D eigenvalue weighted by Gasteiger charge is -2.15. The lowest BCUT2D eigenvalue weighted by molar-refractivity contribution is 0.753. The molecule has 0 aromatic rings. The van der Waals surface area contributed by atoms with Crippen molar-refractivity contribution in [3.8, 4) is 0 Å². The van der Waals surface area contributed by atoms with E-state index in [4.69, 9.17) is 0 Å². The first-order valence-corrected chi connectivity index (χ1v) is 4.32. The Labute approximate surface area is 71.0 Å². The van der Waals surface area contributed by atoms with Gasteiger partial charge in [-0.05, 0) is 33.1 Å². The zero-order valence-electron chi connectivity index (χ0n) is 8.49. The Hall–Kier alpha value is -0.520. The third kappa shape index (κ3) is 2.92. The Morgan fingerprint density at radius 1 is 1.27 bits per heavy atom. The second-order valence-corrected chi connectivity index (χ2v) is 3.42. The van der Waals surface area contributed by atoms with Gasteiger partial charge in [0.25, 0.3) is 0 Å². The van der Waals surface area contributed by atoms with Crippen LogP contribution in [0.25, 0.3) is 0 Å². The highest BCUT2D eigenvalue weighted by Crippen LogP contribution is 2.22. The fraction of sp³-hybridized carbons (Fsp3) is 0.636. The zero-order valence-corrected chi connectivity index (χ0v) is 8.49. The first-order valence-electron chi connectivity index (χ1n) is 4.32. The highest BCUT2D eigenvalue weighted by atomic mass is 14.1. The van der Waals surface area contributed by atoms with Crippen LogP contribution in [0.5, 0.6) is 0 Å². The molecule has 0 nitrogen and oxygen atoms in total. The summed E-state index contributed by atoms with van der Waals surface area (Å²) in [6.45, 7) is 15.0. The van der Waals surface area contributed by atoms with Crippen LogP contribution in [0.2, 0.25) is 0 Å². The van der Waals surface area contributed by atoms with E-state index in [1.807, 2.05) is 0 Å². The lowest BCUT2D eigenvalue weighted by Crippen LogP contribution is -2.00. The molecule has 0 rings (SSSR count). The minimum Gasteiger partial charge on any atom is -0.0993 e. The van der Waals surface area contributed by atoms with Crippen LogP contribution in [-0.2, 0) is 0 Å². The normalized spacial score (nSPS) is 12.5. The van der Waals surface area contributed by atoms with Crippen molar-refractivity contribution in [3.63, 3.8) is 0 Å². The lowest BCUT2D eigenvalue weighted by atomic mass is 9.91. The fourth-order valence-electron chi connectivity index (χ4n) is 1.05. The van der Waals surface area contributed by atoms with Gasteiger partial charge in [0.05, 0.1) is 0 Å². The highest BCUT2D eigenvalue weighted by molar-refractivity contribution is 5.19. The third-order valence-corrected chi connectivity index (χ3v) is 2.50. The van der Waals surface area contributed by atoms with Gasteiger partial charge in [-0.2, -0.15) is 0 Å². The van der Waals surface area contributed by atoms with Gasteiger partial charge in [0.15, 0.2) is 0 Å². The van der Waals surface area contributed by atoms with Crippen molar-refractivity contribution in [2.45, 2.75) is 41.0 Å². The predicted molar refractivity (Wildman–Crippen MR) is 52.6 cm³/mol. The Bertz CT molecular complexity index is 168. The van der Waals surface area contributed by atoms with E-state index in [1.54, 1.807) is 0 Å². The molecule has 0 N–H and O–H groups in total. The number of rotatable bonds is 3. The minimum atomic E-state index is 0.560. The van der Waals surface area contributed by atoms with Crippen LogP contribution in [0.15, 0.2) is 23.3 Å². The Morgan fingerprint density at radius 3 is 2.00 bits per heavy atom. The molecule has 0 saturated heterocycles. The van der Waals surface area contributed by atoms with Gasteiger partial charge < -0.3 is 0 Å². The molecule has 0 heteroatoms. The first-order chi connectivity index (χ1) is 5.00. The van der Waals surface area contributed by atoms with E-state index in [9.17, 15) is 0 Å². The maximum absolute atomic E-state index is 4.04. The Kier molecular flexibility index (Phi) is 4.17. The van der Waals surface area contributed by atoms with Gasteiger partial charge in [-0.3, -0.25) is 0 Å². The quantitative estimate of drug-likeness (QED) is 0.537. The SMILES string of the molecule is C=C(CC)C(C)C(C)=C(C)C. The molecule has 0 aromatic carbocycles. The smallest absolute Gasteiger partial charge is 0.00245 e. The predicted octanol–water partition coefficient (Wildman–Crippen LogP) is 3.95. The van der Waals surface area contributed by atoms with Gasteiger partial charge in [-0.15, -0.1) is 0 Å². The van der Waals surface area contributed by atoms with Crippen LogP contribution in [0.4, 0.5) is 0 Å². The summed E-state index contributed by atoms with van der Waals surface area (Å²) in [5.74, 6) is 0.560. The van der Waals surface area contributed by atoms with E-state index in [0.29, 0.717) is 5.92 Å². The van der Waals surface area contributed by atoms with E-state index >= 15 is 0 Å². The molecule has 0 bridgehead atoms. The Morgan fingerprint density at radius 2 is 1.73 bits per heavy atom. The molecule has 64 valence electrons. The van der Waals surface area contributed by atoms with E-state index in [1.165, 1.54) is 16.7 Å². The van der Waals surface area contributed by atoms with Crippen molar-refractivity contribution in [3.05, 3.63) is 23.3 Å². The average molecular weight is 152 g/mol. The van der Waals surface area contributed by atoms with Gasteiger partial charge >= 0.3 is 0 Å². The fourth-order valence-corrected chi connectivity index (χ4v) is 1.05. The summed E-state index contributed by atoms with van der Waals surface area (Å²) in [4.78, 5) is 0. The Balaban J connectivity index is 4.37. The third-order valence-electron chi connectivity index (χ3n) is 2.50. The molecule has 0 aliphatic rings. The molecular formula is C11H20. The summed E-state index contributed by atoms with van der Waals surface area (Å²) in [6.07, 6.45) is 1.09.